The largest absolute Gasteiger partial charge is 0.392 e. The van der Waals surface area contributed by atoms with Crippen LogP contribution in [-0.4, -0.2) is 29.4 Å². The third-order valence-electron chi connectivity index (χ3n) is 3.07. The molecule has 2 N–H and O–H groups in total. The quantitative estimate of drug-likeness (QED) is 0.556. The van der Waals surface area contributed by atoms with Crippen LogP contribution in [0.3, 0.4) is 0 Å². The molecule has 0 aromatic heterocycles. The van der Waals surface area contributed by atoms with Crippen molar-refractivity contribution in [2.24, 2.45) is 11.1 Å². The van der Waals surface area contributed by atoms with Gasteiger partial charge in [0.2, 0.25) is 5.91 Å². The molecule has 4 heteroatoms. The lowest BCUT2D eigenvalue weighted by Gasteiger charge is -2.22. The van der Waals surface area contributed by atoms with Crippen LogP contribution in [0.25, 0.3) is 0 Å². The maximum absolute atomic E-state index is 12.0. The number of hydrogen-bond donors (Lipinski definition) is 1. The zero-order valence-corrected chi connectivity index (χ0v) is 10.4. The highest BCUT2D eigenvalue weighted by Gasteiger charge is 2.53. The van der Waals surface area contributed by atoms with Gasteiger partial charge in [-0.2, -0.15) is 0 Å². The molecule has 86 valence electrons. The molecule has 0 bridgehead atoms. The van der Waals surface area contributed by atoms with E-state index in [0.717, 1.165) is 32.2 Å². The van der Waals surface area contributed by atoms with Crippen LogP contribution >= 0.6 is 12.2 Å². The van der Waals surface area contributed by atoms with E-state index in [0.29, 0.717) is 4.99 Å². The summed E-state index contributed by atoms with van der Waals surface area (Å²) in [7, 11) is 1.84. The van der Waals surface area contributed by atoms with Gasteiger partial charge in [-0.1, -0.05) is 32.0 Å². The van der Waals surface area contributed by atoms with E-state index in [-0.39, 0.29) is 5.91 Å². The predicted molar refractivity (Wildman–Crippen MR) is 65.6 cm³/mol. The summed E-state index contributed by atoms with van der Waals surface area (Å²) in [5.41, 5.74) is 5.13. The SMILES string of the molecule is CCCCCN(C)C(=O)C1(C(N)=S)CC1. The van der Waals surface area contributed by atoms with E-state index in [1.54, 1.807) is 4.90 Å². The molecule has 1 aliphatic carbocycles. The monoisotopic (exact) mass is 228 g/mol. The van der Waals surface area contributed by atoms with E-state index in [4.69, 9.17) is 18.0 Å². The predicted octanol–water partition coefficient (Wildman–Crippen LogP) is 1.70. The highest BCUT2D eigenvalue weighted by molar-refractivity contribution is 7.80. The summed E-state index contributed by atoms with van der Waals surface area (Å²) in [6.45, 7) is 2.97. The molecule has 1 aliphatic rings. The molecule has 3 nitrogen and oxygen atoms in total. The highest BCUT2D eigenvalue weighted by Crippen LogP contribution is 2.47. The van der Waals surface area contributed by atoms with Crippen molar-refractivity contribution in [2.75, 3.05) is 13.6 Å². The molecule has 1 saturated carbocycles. The molecule has 1 rings (SSSR count). The summed E-state index contributed by atoms with van der Waals surface area (Å²) in [6.07, 6.45) is 5.06. The number of nitrogens with two attached hydrogens (primary N) is 1. The first-order valence-corrected chi connectivity index (χ1v) is 6.01. The van der Waals surface area contributed by atoms with E-state index in [9.17, 15) is 4.79 Å². The van der Waals surface area contributed by atoms with Crippen molar-refractivity contribution in [2.45, 2.75) is 39.0 Å². The molecular formula is C11H20N2OS. The van der Waals surface area contributed by atoms with E-state index in [1.165, 1.54) is 6.42 Å². The molecule has 0 aromatic carbocycles. The fourth-order valence-corrected chi connectivity index (χ4v) is 2.05. The van der Waals surface area contributed by atoms with Crippen molar-refractivity contribution in [3.63, 3.8) is 0 Å². The van der Waals surface area contributed by atoms with Gasteiger partial charge in [0.15, 0.2) is 0 Å². The van der Waals surface area contributed by atoms with Gasteiger partial charge in [0.05, 0.1) is 10.4 Å². The lowest BCUT2D eigenvalue weighted by Crippen LogP contribution is -2.41. The topological polar surface area (TPSA) is 46.3 Å². The van der Waals surface area contributed by atoms with Gasteiger partial charge in [0, 0.05) is 13.6 Å². The van der Waals surface area contributed by atoms with Crippen LogP contribution in [0.15, 0.2) is 0 Å². The first-order chi connectivity index (χ1) is 7.04. The second kappa shape index (κ2) is 4.92. The van der Waals surface area contributed by atoms with Gasteiger partial charge in [0.1, 0.15) is 0 Å². The first-order valence-electron chi connectivity index (χ1n) is 5.60. The Kier molecular flexibility index (Phi) is 4.08. The molecule has 0 aromatic rings. The number of carbonyl (C=O) groups is 1. The minimum Gasteiger partial charge on any atom is -0.392 e. The van der Waals surface area contributed by atoms with E-state index >= 15 is 0 Å². The van der Waals surface area contributed by atoms with Crippen molar-refractivity contribution < 1.29 is 4.79 Å². The molecule has 0 atom stereocenters. The minimum atomic E-state index is -0.476. The standard InChI is InChI=1S/C11H20N2OS/c1-3-4-5-8-13(2)10(14)11(6-7-11)9(12)15/h3-8H2,1-2H3,(H2,12,15). The molecular weight excluding hydrogens is 208 g/mol. The highest BCUT2D eigenvalue weighted by atomic mass is 32.1. The minimum absolute atomic E-state index is 0.117. The van der Waals surface area contributed by atoms with Crippen LogP contribution in [0.2, 0.25) is 0 Å². The summed E-state index contributed by atoms with van der Waals surface area (Å²) in [5, 5.41) is 0. The maximum atomic E-state index is 12.0. The molecule has 15 heavy (non-hydrogen) atoms. The normalized spacial score (nSPS) is 17.2. The number of rotatable bonds is 6. The van der Waals surface area contributed by atoms with E-state index in [2.05, 4.69) is 6.92 Å². The van der Waals surface area contributed by atoms with Crippen molar-refractivity contribution in [1.29, 1.82) is 0 Å². The number of carbonyl (C=O) groups excluding carboxylic acids is 1. The third-order valence-corrected chi connectivity index (χ3v) is 3.47. The summed E-state index contributed by atoms with van der Waals surface area (Å²) < 4.78 is 0. The molecule has 0 radical (unpaired) electrons. The van der Waals surface area contributed by atoms with Crippen molar-refractivity contribution in [3.05, 3.63) is 0 Å². The van der Waals surface area contributed by atoms with Crippen LogP contribution in [0.5, 0.6) is 0 Å². The molecule has 0 spiro atoms. The summed E-state index contributed by atoms with van der Waals surface area (Å²) in [5.74, 6) is 0.117. The number of hydrogen-bond acceptors (Lipinski definition) is 2. The van der Waals surface area contributed by atoms with Crippen molar-refractivity contribution in [1.82, 2.24) is 4.90 Å². The van der Waals surface area contributed by atoms with Crippen LogP contribution in [0.1, 0.15) is 39.0 Å². The Labute approximate surface area is 97.0 Å². The third kappa shape index (κ3) is 2.68. The summed E-state index contributed by atoms with van der Waals surface area (Å²) in [4.78, 5) is 14.2. The number of nitrogens with zero attached hydrogens (tertiary/aromatic N) is 1. The second-order valence-corrected chi connectivity index (χ2v) is 4.82. The van der Waals surface area contributed by atoms with E-state index in [1.807, 2.05) is 7.05 Å². The Morgan fingerprint density at radius 2 is 2.07 bits per heavy atom. The Balaban J connectivity index is 2.43. The Bertz CT molecular complexity index is 261. The summed E-state index contributed by atoms with van der Waals surface area (Å²) in [6, 6.07) is 0. The van der Waals surface area contributed by atoms with Crippen LogP contribution in [-0.2, 0) is 4.79 Å². The first kappa shape index (κ1) is 12.4. The molecule has 1 amide bonds. The van der Waals surface area contributed by atoms with Gasteiger partial charge in [-0.25, -0.2) is 0 Å². The smallest absolute Gasteiger partial charge is 0.235 e. The van der Waals surface area contributed by atoms with Gasteiger partial charge in [-0.15, -0.1) is 0 Å². The Morgan fingerprint density at radius 3 is 2.47 bits per heavy atom. The zero-order valence-electron chi connectivity index (χ0n) is 9.58. The van der Waals surface area contributed by atoms with Crippen LogP contribution < -0.4 is 5.73 Å². The average Bonchev–Trinajstić information content (AvgIpc) is 2.97. The van der Waals surface area contributed by atoms with Gasteiger partial charge in [-0.3, -0.25) is 4.79 Å². The fourth-order valence-electron chi connectivity index (χ4n) is 1.76. The summed E-state index contributed by atoms with van der Waals surface area (Å²) >= 11 is 4.96. The van der Waals surface area contributed by atoms with Gasteiger partial charge in [0.25, 0.3) is 0 Å². The molecule has 0 saturated heterocycles. The van der Waals surface area contributed by atoms with Crippen LogP contribution in [0, 0.1) is 5.41 Å². The molecule has 0 heterocycles. The number of amides is 1. The van der Waals surface area contributed by atoms with Gasteiger partial charge < -0.3 is 10.6 Å². The van der Waals surface area contributed by atoms with Crippen molar-refractivity contribution >= 4 is 23.1 Å². The Morgan fingerprint density at radius 1 is 1.47 bits per heavy atom. The Hall–Kier alpha value is -0.640. The van der Waals surface area contributed by atoms with Gasteiger partial charge >= 0.3 is 0 Å². The lowest BCUT2D eigenvalue weighted by atomic mass is 10.1. The fraction of sp³-hybridized carbons (Fsp3) is 0.818. The average molecular weight is 228 g/mol. The molecule has 0 aliphatic heterocycles. The van der Waals surface area contributed by atoms with Gasteiger partial charge in [-0.05, 0) is 19.3 Å². The van der Waals surface area contributed by atoms with Crippen LogP contribution in [0.4, 0.5) is 0 Å². The van der Waals surface area contributed by atoms with E-state index < -0.39 is 5.41 Å². The maximum Gasteiger partial charge on any atom is 0.235 e. The number of thiocarbonyl (C=S) groups is 1. The van der Waals surface area contributed by atoms with Crippen molar-refractivity contribution in [3.8, 4) is 0 Å². The lowest BCUT2D eigenvalue weighted by molar-refractivity contribution is -0.133. The second-order valence-electron chi connectivity index (χ2n) is 4.38. The number of unbranched alkanes of at least 4 members (excludes halogenated alkanes) is 2. The molecule has 0 unspecified atom stereocenters. The zero-order chi connectivity index (χ0) is 11.5. The molecule has 1 fully saturated rings.